The fraction of sp³-hybridized carbons (Fsp3) is 0.559. The maximum Gasteiger partial charge on any atom is 0.329 e. The van der Waals surface area contributed by atoms with Gasteiger partial charge in [-0.1, -0.05) is 45.4 Å². The molecule has 99 heavy (non-hydrogen) atoms. The highest BCUT2D eigenvalue weighted by molar-refractivity contribution is 6.01. The summed E-state index contributed by atoms with van der Waals surface area (Å²) in [6.45, 7) is 2.45. The number of hydrogen-bond acceptors (Lipinski definition) is 22. The largest absolute Gasteiger partial charge is 0.481 e. The van der Waals surface area contributed by atoms with E-state index in [2.05, 4.69) is 58.2 Å². The molecule has 1 aliphatic heterocycles. The number of amides is 13. The summed E-state index contributed by atoms with van der Waals surface area (Å²) in [4.78, 5) is 244. The second-order valence-corrected chi connectivity index (χ2v) is 23.2. The third-order valence-electron chi connectivity index (χ3n) is 15.4. The Labute approximate surface area is 564 Å². The first-order valence-electron chi connectivity index (χ1n) is 31.0. The zero-order chi connectivity index (χ0) is 74.5. The summed E-state index contributed by atoms with van der Waals surface area (Å²) in [5.74, 6) is -27.2. The summed E-state index contributed by atoms with van der Waals surface area (Å²) < 4.78 is 5.68. The Morgan fingerprint density at radius 1 is 0.596 bits per heavy atom. The van der Waals surface area contributed by atoms with Gasteiger partial charge in [-0.25, -0.2) is 4.79 Å². The van der Waals surface area contributed by atoms with Crippen molar-refractivity contribution in [1.29, 1.82) is 0 Å². The second kappa shape index (κ2) is 40.0. The molecule has 2 aromatic rings. The number of nitrogens with one attached hydrogen (secondary N) is 14. The fourth-order valence-electron chi connectivity index (χ4n) is 9.75. The lowest BCUT2D eigenvalue weighted by molar-refractivity contribution is -0.157. The molecule has 1 aromatic carbocycles. The van der Waals surface area contributed by atoms with Crippen molar-refractivity contribution in [3.8, 4) is 0 Å². The van der Waals surface area contributed by atoms with Crippen molar-refractivity contribution in [3.63, 3.8) is 0 Å². The van der Waals surface area contributed by atoms with Crippen LogP contribution in [0.4, 0.5) is 0 Å². The molecule has 0 aliphatic carbocycles. The summed E-state index contributed by atoms with van der Waals surface area (Å²) in [6.07, 6.45) is -6.10. The second-order valence-electron chi connectivity index (χ2n) is 23.2. The fourth-order valence-corrected chi connectivity index (χ4v) is 9.75. The number of cyclic esters (lactones) is 1. The molecule has 3 rings (SSSR count). The van der Waals surface area contributed by atoms with E-state index in [1.807, 2.05) is 16.0 Å². The molecule has 1 aliphatic rings. The normalized spacial score (nSPS) is 23.2. The summed E-state index contributed by atoms with van der Waals surface area (Å²) in [7, 11) is 1.42. The van der Waals surface area contributed by atoms with Gasteiger partial charge in [0, 0.05) is 17.1 Å². The zero-order valence-electron chi connectivity index (χ0n) is 54.8. The molecule has 14 atom stereocenters. The van der Waals surface area contributed by atoms with E-state index in [4.69, 9.17) is 16.2 Å². The molecule has 1 aromatic heterocycles. The Balaban J connectivity index is 2.19. The molecule has 40 nitrogen and oxygen atoms in total. The van der Waals surface area contributed by atoms with Gasteiger partial charge >= 0.3 is 29.8 Å². The number of nitrogens with two attached hydrogens (primary N) is 2. The van der Waals surface area contributed by atoms with Gasteiger partial charge in [-0.2, -0.15) is 0 Å². The lowest BCUT2D eigenvalue weighted by Gasteiger charge is -2.31. The number of carboxylic acid groups (broad SMARTS) is 4. The van der Waals surface area contributed by atoms with Gasteiger partial charge in [0.15, 0.2) is 0 Å². The highest BCUT2D eigenvalue weighted by Crippen LogP contribution is 2.20. The lowest BCUT2D eigenvalue weighted by Crippen LogP contribution is -2.62. The third kappa shape index (κ3) is 26.9. The Kier molecular flexibility index (Phi) is 33.2. The average molecular weight is 1400 g/mol. The van der Waals surface area contributed by atoms with Crippen molar-refractivity contribution >= 4 is 118 Å². The predicted molar refractivity (Wildman–Crippen MR) is 338 cm³/mol. The molecule has 14 unspecified atom stereocenters. The number of H-pyrrole nitrogens is 1. The van der Waals surface area contributed by atoms with Gasteiger partial charge in [-0.05, 0) is 70.2 Å². The number of fused-ring (bicyclic) bond motifs is 1. The predicted octanol–water partition coefficient (Wildman–Crippen LogP) is -8.47. The lowest BCUT2D eigenvalue weighted by atomic mass is 9.94. The van der Waals surface area contributed by atoms with E-state index >= 15 is 0 Å². The summed E-state index contributed by atoms with van der Waals surface area (Å²) in [6, 6.07) is -13.7. The number of aromatic amines is 1. The van der Waals surface area contributed by atoms with E-state index in [9.17, 15) is 112 Å². The molecule has 0 spiro atoms. The molecular formula is C59H86N16O24. The molecular weight excluding hydrogens is 1320 g/mol. The summed E-state index contributed by atoms with van der Waals surface area (Å²) >= 11 is 0. The molecule has 0 saturated carbocycles. The quantitative estimate of drug-likeness (QED) is 0.0389. The van der Waals surface area contributed by atoms with Gasteiger partial charge in [0.1, 0.15) is 66.5 Å². The van der Waals surface area contributed by atoms with Crippen molar-refractivity contribution in [2.45, 2.75) is 165 Å². The maximum atomic E-state index is 14.5. The molecule has 2 heterocycles. The number of carboxylic acids is 4. The number of primary amides is 1. The van der Waals surface area contributed by atoms with Crippen LogP contribution < -0.4 is 80.6 Å². The van der Waals surface area contributed by atoms with E-state index in [0.29, 0.717) is 5.56 Å². The van der Waals surface area contributed by atoms with E-state index in [0.717, 1.165) is 24.8 Å². The molecule has 13 amide bonds. The number of aliphatic hydroxyl groups is 1. The topological polar surface area (TPSA) is 642 Å². The first-order chi connectivity index (χ1) is 46.5. The molecule has 0 radical (unpaired) electrons. The van der Waals surface area contributed by atoms with Crippen LogP contribution in [0.15, 0.2) is 30.5 Å². The number of carbonyl (C=O) groups is 18. The number of ether oxygens (including phenoxy) is 1. The first kappa shape index (κ1) is 82.3. The number of rotatable bonds is 26. The van der Waals surface area contributed by atoms with Crippen LogP contribution in [0.1, 0.15) is 91.5 Å². The Morgan fingerprint density at radius 2 is 1.12 bits per heavy atom. The van der Waals surface area contributed by atoms with Crippen LogP contribution in [0.25, 0.3) is 10.9 Å². The average Bonchev–Trinajstić information content (AvgIpc) is 1.68. The van der Waals surface area contributed by atoms with E-state index in [1.165, 1.54) is 27.8 Å². The smallest absolute Gasteiger partial charge is 0.329 e. The van der Waals surface area contributed by atoms with Gasteiger partial charge in [-0.15, -0.1) is 0 Å². The zero-order valence-corrected chi connectivity index (χ0v) is 54.8. The number of esters is 1. The summed E-state index contributed by atoms with van der Waals surface area (Å²) in [5, 5.41) is 78.7. The minimum atomic E-state index is -2.27. The van der Waals surface area contributed by atoms with Gasteiger partial charge < -0.3 is 116 Å². The molecule has 1 saturated heterocycles. The molecule has 40 heteroatoms. The Bertz CT molecular complexity index is 3330. The minimum absolute atomic E-state index is 0.0205. The van der Waals surface area contributed by atoms with Crippen LogP contribution in [0.5, 0.6) is 0 Å². The highest BCUT2D eigenvalue weighted by Gasteiger charge is 2.41. The van der Waals surface area contributed by atoms with Gasteiger partial charge in [0.2, 0.25) is 76.8 Å². The van der Waals surface area contributed by atoms with Crippen molar-refractivity contribution in [2.75, 3.05) is 33.3 Å². The van der Waals surface area contributed by atoms with Crippen LogP contribution in [-0.2, 0) is 97.5 Å². The SMILES string of the molecule is CCC(C)C1NC(=O)C(C(C)CC(=O)O)NC(=O)C(CO)NC(=O)CNC(=O)C(CC(=O)O)NC(=O)C(C)NC(=O)C(CC(=O)O)NC(=O)C(CCCN)NC(=O)CNC(=O)C(NC(=O)C(CC(=O)O)NC(=O)C(CC(N)=O)NC(=O)C(Cc2c[nH]c3ccccc23)NC)C(C)OC1=O. The van der Waals surface area contributed by atoms with E-state index in [-0.39, 0.29) is 32.2 Å². The number of likely N-dealkylation sites (N-methyl/N-ethyl adjacent to an activating group) is 1. The van der Waals surface area contributed by atoms with Gasteiger partial charge in [0.05, 0.1) is 57.8 Å². The van der Waals surface area contributed by atoms with Crippen LogP contribution in [0.3, 0.4) is 0 Å². The van der Waals surface area contributed by atoms with Crippen molar-refractivity contribution in [2.24, 2.45) is 23.3 Å². The van der Waals surface area contributed by atoms with Crippen LogP contribution >= 0.6 is 0 Å². The molecule has 0 bridgehead atoms. The first-order valence-corrected chi connectivity index (χ1v) is 31.0. The van der Waals surface area contributed by atoms with Crippen LogP contribution in [-0.4, -0.2) is 243 Å². The molecule has 23 N–H and O–H groups in total. The minimum Gasteiger partial charge on any atom is -0.481 e. The van der Waals surface area contributed by atoms with Crippen LogP contribution in [0.2, 0.25) is 0 Å². The number of hydrogen-bond donors (Lipinski definition) is 21. The van der Waals surface area contributed by atoms with Crippen LogP contribution in [0, 0.1) is 11.8 Å². The summed E-state index contributed by atoms with van der Waals surface area (Å²) in [5.41, 5.74) is 12.5. The molecule has 1 fully saturated rings. The standard InChI is InChI=1S/C59H86N16O24/c1-7-25(2)47-59(98)99-28(5)48(75-55(94)37(20-45(86)87)72-54(93)34(17-39(61)77)70-52(91)33(62-6)16-29-21-63-31-12-9-8-11-30(29)31)57(96)65-23-40(78)67-32(13-10-14-60)51(90)71-36(19-44(84)85)53(92)66-27(4)49(88)69-35(18-43(82)83)50(89)64-22-41(79)68-38(24-76)56(95)73-46(58(97)74-47)26(3)15-42(80)81/h8-9,11-12,21,25-28,32-38,46-48,62-63,76H,7,10,13-20,22-24,60H2,1-6H3,(H2,61,77)(H,64,89)(H,65,96)(H,66,92)(H,67,78)(H,68,79)(H,69,88)(H,70,91)(H,71,90)(H,72,93)(H,73,95)(H,74,97)(H,75,94)(H,80,81)(H,82,83)(H,84,85)(H,86,87). The number of carbonyl (C=O) groups excluding carboxylic acids is 14. The number of para-hydroxylation sites is 1. The van der Waals surface area contributed by atoms with Crippen molar-refractivity contribution in [1.82, 2.24) is 74.1 Å². The Hall–Kier alpha value is -10.9. The monoisotopic (exact) mass is 1400 g/mol. The maximum absolute atomic E-state index is 14.5. The highest BCUT2D eigenvalue weighted by atomic mass is 16.5. The van der Waals surface area contributed by atoms with Gasteiger partial charge in [0.25, 0.3) is 0 Å². The van der Waals surface area contributed by atoms with E-state index in [1.54, 1.807) is 30.5 Å². The van der Waals surface area contributed by atoms with Crippen molar-refractivity contribution < 1.29 is 117 Å². The number of aliphatic hydroxyl groups excluding tert-OH is 1. The third-order valence-corrected chi connectivity index (χ3v) is 15.4. The van der Waals surface area contributed by atoms with Crippen molar-refractivity contribution in [3.05, 3.63) is 36.0 Å². The Morgan fingerprint density at radius 3 is 1.68 bits per heavy atom. The number of aliphatic carboxylic acids is 4. The number of aromatic nitrogens is 1. The van der Waals surface area contributed by atoms with Gasteiger partial charge in [-0.3, -0.25) is 81.5 Å². The molecule has 546 valence electrons. The van der Waals surface area contributed by atoms with E-state index < -0.39 is 243 Å². The number of benzene rings is 1.